The molecule has 1 N–H and O–H groups in total. The van der Waals surface area contributed by atoms with Crippen LogP contribution in [0.5, 0.6) is 0 Å². The van der Waals surface area contributed by atoms with Gasteiger partial charge in [-0.25, -0.2) is 4.68 Å². The van der Waals surface area contributed by atoms with Gasteiger partial charge in [0.05, 0.1) is 23.0 Å². The maximum absolute atomic E-state index is 6.41. The average molecular weight is 299 g/mol. The number of rotatable bonds is 6. The summed E-state index contributed by atoms with van der Waals surface area (Å²) in [6.07, 6.45) is 2.86. The number of nitrogens with one attached hydrogen (secondary N) is 1. The van der Waals surface area contributed by atoms with Crippen LogP contribution in [0, 0.1) is 6.92 Å². The Bertz CT molecular complexity index is 534. The zero-order valence-electron chi connectivity index (χ0n) is 11.5. The Kier molecular flexibility index (Phi) is 4.96. The minimum atomic E-state index is 0.0674. The van der Waals surface area contributed by atoms with Gasteiger partial charge in [-0.05, 0) is 30.8 Å². The molecule has 2 aromatic rings. The number of aryl methyl sites for hydroxylation is 2. The largest absolute Gasteiger partial charge is 0.304 e. The van der Waals surface area contributed by atoms with Crippen molar-refractivity contribution < 1.29 is 0 Å². The molecule has 0 saturated heterocycles. The summed E-state index contributed by atoms with van der Waals surface area (Å²) >= 11 is 8.09. The minimum absolute atomic E-state index is 0.0674. The third-order valence-corrected chi connectivity index (χ3v) is 4.75. The van der Waals surface area contributed by atoms with Crippen molar-refractivity contribution in [3.8, 4) is 0 Å². The van der Waals surface area contributed by atoms with Crippen molar-refractivity contribution in [1.29, 1.82) is 0 Å². The Hall–Kier alpha value is -0.910. The van der Waals surface area contributed by atoms with E-state index in [4.69, 9.17) is 11.6 Å². The van der Waals surface area contributed by atoms with Crippen molar-refractivity contribution >= 4 is 22.9 Å². The van der Waals surface area contributed by atoms with E-state index in [0.29, 0.717) is 0 Å². The van der Waals surface area contributed by atoms with E-state index in [1.807, 2.05) is 17.8 Å². The summed E-state index contributed by atoms with van der Waals surface area (Å²) in [5.41, 5.74) is 2.20. The summed E-state index contributed by atoms with van der Waals surface area (Å²) in [6, 6.07) is 0.0674. The van der Waals surface area contributed by atoms with Gasteiger partial charge in [0, 0.05) is 11.4 Å². The van der Waals surface area contributed by atoms with Crippen LogP contribution in [0.4, 0.5) is 0 Å². The highest BCUT2D eigenvalue weighted by Crippen LogP contribution is 2.35. The van der Waals surface area contributed by atoms with Crippen molar-refractivity contribution in [2.45, 2.75) is 39.8 Å². The Morgan fingerprint density at radius 2 is 2.26 bits per heavy atom. The monoisotopic (exact) mass is 298 g/mol. The highest BCUT2D eigenvalue weighted by atomic mass is 35.5. The first-order valence-electron chi connectivity index (χ1n) is 6.54. The average Bonchev–Trinajstić information content (AvgIpc) is 2.97. The van der Waals surface area contributed by atoms with Crippen LogP contribution in [0.15, 0.2) is 11.6 Å². The first-order valence-corrected chi connectivity index (χ1v) is 7.80. The lowest BCUT2D eigenvalue weighted by atomic mass is 10.1. The molecule has 0 spiro atoms. The van der Waals surface area contributed by atoms with E-state index < -0.39 is 0 Å². The molecular formula is C13H19ClN4S. The molecular weight excluding hydrogens is 280 g/mol. The first kappa shape index (κ1) is 14.5. The molecule has 0 saturated carbocycles. The Balaban J connectivity index is 2.39. The third kappa shape index (κ3) is 2.99. The zero-order valence-corrected chi connectivity index (χ0v) is 13.1. The standard InChI is InChI=1S/C13H19ClN4S/c1-4-6-18-10(7-16-17-18)12(15-5-2)13-11(14)9(3)8-19-13/h7-8,12,15H,4-6H2,1-3H3. The molecule has 0 bridgehead atoms. The van der Waals surface area contributed by atoms with Crippen molar-refractivity contribution in [3.63, 3.8) is 0 Å². The quantitative estimate of drug-likeness (QED) is 0.888. The molecule has 4 nitrogen and oxygen atoms in total. The van der Waals surface area contributed by atoms with Crippen molar-refractivity contribution in [2.24, 2.45) is 0 Å². The Labute approximate surface area is 122 Å². The molecule has 2 heterocycles. The fourth-order valence-corrected chi connectivity index (χ4v) is 3.44. The lowest BCUT2D eigenvalue weighted by molar-refractivity contribution is 0.514. The summed E-state index contributed by atoms with van der Waals surface area (Å²) in [6.45, 7) is 8.01. The van der Waals surface area contributed by atoms with Crippen molar-refractivity contribution in [1.82, 2.24) is 20.3 Å². The van der Waals surface area contributed by atoms with Crippen LogP contribution < -0.4 is 5.32 Å². The van der Waals surface area contributed by atoms with E-state index in [9.17, 15) is 0 Å². The fraction of sp³-hybridized carbons (Fsp3) is 0.538. The predicted molar refractivity (Wildman–Crippen MR) is 79.9 cm³/mol. The summed E-state index contributed by atoms with van der Waals surface area (Å²) in [4.78, 5) is 1.14. The van der Waals surface area contributed by atoms with E-state index in [-0.39, 0.29) is 6.04 Å². The van der Waals surface area contributed by atoms with Crippen LogP contribution in [0.25, 0.3) is 0 Å². The molecule has 0 aliphatic carbocycles. The number of aromatic nitrogens is 3. The Morgan fingerprint density at radius 1 is 1.47 bits per heavy atom. The number of halogens is 1. The number of thiophene rings is 1. The molecule has 0 aromatic carbocycles. The normalized spacial score (nSPS) is 12.8. The summed E-state index contributed by atoms with van der Waals surface area (Å²) < 4.78 is 1.96. The topological polar surface area (TPSA) is 42.7 Å². The van der Waals surface area contributed by atoms with E-state index >= 15 is 0 Å². The van der Waals surface area contributed by atoms with Gasteiger partial charge in [-0.1, -0.05) is 30.7 Å². The molecule has 6 heteroatoms. The maximum Gasteiger partial charge on any atom is 0.0873 e. The second-order valence-electron chi connectivity index (χ2n) is 4.47. The lowest BCUT2D eigenvalue weighted by Gasteiger charge is -2.18. The van der Waals surface area contributed by atoms with Crippen LogP contribution in [-0.2, 0) is 6.54 Å². The SMILES string of the molecule is CCCn1nncc1C(NCC)c1scc(C)c1Cl. The van der Waals surface area contributed by atoms with Gasteiger partial charge in [0.2, 0.25) is 0 Å². The highest BCUT2D eigenvalue weighted by Gasteiger charge is 2.22. The predicted octanol–water partition coefficient (Wildman–Crippen LogP) is 3.41. The van der Waals surface area contributed by atoms with Gasteiger partial charge in [0.15, 0.2) is 0 Å². The van der Waals surface area contributed by atoms with Crippen LogP contribution in [0.2, 0.25) is 5.02 Å². The van der Waals surface area contributed by atoms with Gasteiger partial charge in [-0.2, -0.15) is 0 Å². The number of hydrogen-bond donors (Lipinski definition) is 1. The molecule has 1 unspecified atom stereocenters. The second-order valence-corrected chi connectivity index (χ2v) is 5.76. The first-order chi connectivity index (χ1) is 9.19. The van der Waals surface area contributed by atoms with Gasteiger partial charge < -0.3 is 5.32 Å². The molecule has 19 heavy (non-hydrogen) atoms. The van der Waals surface area contributed by atoms with Gasteiger partial charge in [0.1, 0.15) is 0 Å². The molecule has 2 rings (SSSR count). The Morgan fingerprint density at radius 3 is 2.84 bits per heavy atom. The molecule has 1 atom stereocenters. The molecule has 2 aromatic heterocycles. The fourth-order valence-electron chi connectivity index (χ4n) is 2.05. The molecule has 0 aliphatic heterocycles. The third-order valence-electron chi connectivity index (χ3n) is 2.97. The summed E-state index contributed by atoms with van der Waals surface area (Å²) in [5, 5.41) is 14.6. The van der Waals surface area contributed by atoms with Gasteiger partial charge in [-0.3, -0.25) is 0 Å². The second kappa shape index (κ2) is 6.50. The maximum atomic E-state index is 6.41. The van der Waals surface area contributed by atoms with E-state index in [1.54, 1.807) is 11.3 Å². The smallest absolute Gasteiger partial charge is 0.0873 e. The van der Waals surface area contributed by atoms with Crippen molar-refractivity contribution in [3.05, 3.63) is 32.7 Å². The van der Waals surface area contributed by atoms with Crippen molar-refractivity contribution in [2.75, 3.05) is 6.54 Å². The van der Waals surface area contributed by atoms with Gasteiger partial charge >= 0.3 is 0 Å². The van der Waals surface area contributed by atoms with Gasteiger partial charge in [-0.15, -0.1) is 16.4 Å². The number of hydrogen-bond acceptors (Lipinski definition) is 4. The van der Waals surface area contributed by atoms with E-state index in [0.717, 1.165) is 40.7 Å². The molecule has 0 radical (unpaired) electrons. The molecule has 0 fully saturated rings. The molecule has 104 valence electrons. The van der Waals surface area contributed by atoms with Crippen LogP contribution in [-0.4, -0.2) is 21.5 Å². The molecule has 0 aliphatic rings. The van der Waals surface area contributed by atoms with E-state index in [2.05, 4.69) is 34.9 Å². The molecule has 0 amide bonds. The van der Waals surface area contributed by atoms with Crippen LogP contribution in [0.1, 0.15) is 42.4 Å². The zero-order chi connectivity index (χ0) is 13.8. The lowest BCUT2D eigenvalue weighted by Crippen LogP contribution is -2.24. The van der Waals surface area contributed by atoms with Crippen LogP contribution >= 0.6 is 22.9 Å². The highest BCUT2D eigenvalue weighted by molar-refractivity contribution is 7.10. The minimum Gasteiger partial charge on any atom is -0.304 e. The number of nitrogens with zero attached hydrogens (tertiary/aromatic N) is 3. The summed E-state index contributed by atoms with van der Waals surface area (Å²) in [7, 11) is 0. The summed E-state index contributed by atoms with van der Waals surface area (Å²) in [5.74, 6) is 0. The van der Waals surface area contributed by atoms with Gasteiger partial charge in [0.25, 0.3) is 0 Å². The van der Waals surface area contributed by atoms with Crippen LogP contribution in [0.3, 0.4) is 0 Å². The van der Waals surface area contributed by atoms with E-state index in [1.165, 1.54) is 0 Å².